The molecule has 2 heteroatoms. The molecule has 0 aromatic heterocycles. The SMILES string of the molecule is Bc1ccc(OCc2ccccc2)cc1C. The van der Waals surface area contributed by atoms with Gasteiger partial charge in [0.2, 0.25) is 0 Å². The van der Waals surface area contributed by atoms with E-state index in [0.29, 0.717) is 6.61 Å². The molecule has 0 unspecified atom stereocenters. The van der Waals surface area contributed by atoms with Gasteiger partial charge in [-0.15, -0.1) is 0 Å². The smallest absolute Gasteiger partial charge is 0.139 e. The highest BCUT2D eigenvalue weighted by atomic mass is 16.5. The van der Waals surface area contributed by atoms with Gasteiger partial charge < -0.3 is 4.74 Å². The zero-order valence-corrected chi connectivity index (χ0v) is 9.73. The maximum atomic E-state index is 5.73. The second-order valence-corrected chi connectivity index (χ2v) is 4.02. The largest absolute Gasteiger partial charge is 0.489 e. The molecule has 0 fully saturated rings. The summed E-state index contributed by atoms with van der Waals surface area (Å²) in [5.74, 6) is 0.937. The van der Waals surface area contributed by atoms with Crippen LogP contribution in [0, 0.1) is 6.92 Å². The molecular formula is C14H15BO. The van der Waals surface area contributed by atoms with Crippen molar-refractivity contribution in [2.45, 2.75) is 13.5 Å². The van der Waals surface area contributed by atoms with Crippen LogP contribution in [0.2, 0.25) is 0 Å². The number of hydrogen-bond donors (Lipinski definition) is 0. The minimum atomic E-state index is 0.628. The zero-order valence-electron chi connectivity index (χ0n) is 9.73. The van der Waals surface area contributed by atoms with Crippen molar-refractivity contribution in [1.29, 1.82) is 0 Å². The third-order valence-electron chi connectivity index (χ3n) is 2.73. The molecule has 2 rings (SSSR count). The average molecular weight is 210 g/mol. The first-order valence-electron chi connectivity index (χ1n) is 5.50. The maximum absolute atomic E-state index is 5.73. The van der Waals surface area contributed by atoms with Crippen LogP contribution in [0.5, 0.6) is 5.75 Å². The molecule has 2 aromatic rings. The molecule has 0 saturated heterocycles. The number of rotatable bonds is 3. The van der Waals surface area contributed by atoms with Crippen molar-refractivity contribution in [2.75, 3.05) is 0 Å². The normalized spacial score (nSPS) is 10.1. The number of hydrogen-bond acceptors (Lipinski definition) is 1. The first-order valence-corrected chi connectivity index (χ1v) is 5.50. The Balaban J connectivity index is 2.03. The van der Waals surface area contributed by atoms with E-state index in [-0.39, 0.29) is 0 Å². The van der Waals surface area contributed by atoms with Gasteiger partial charge in [0.05, 0.1) is 0 Å². The Kier molecular flexibility index (Phi) is 3.30. The first kappa shape index (κ1) is 10.8. The summed E-state index contributed by atoms with van der Waals surface area (Å²) in [4.78, 5) is 0. The molecule has 2 aromatic carbocycles. The summed E-state index contributed by atoms with van der Waals surface area (Å²) in [5, 5.41) is 0. The molecule has 80 valence electrons. The van der Waals surface area contributed by atoms with E-state index in [0.717, 1.165) is 5.75 Å². The highest BCUT2D eigenvalue weighted by molar-refractivity contribution is 6.33. The fourth-order valence-corrected chi connectivity index (χ4v) is 1.54. The Morgan fingerprint density at radius 2 is 1.81 bits per heavy atom. The molecule has 0 saturated carbocycles. The lowest BCUT2D eigenvalue weighted by Crippen LogP contribution is -2.06. The van der Waals surface area contributed by atoms with Crippen molar-refractivity contribution in [2.24, 2.45) is 0 Å². The zero-order chi connectivity index (χ0) is 11.4. The summed E-state index contributed by atoms with van der Waals surface area (Å²) < 4.78 is 5.73. The monoisotopic (exact) mass is 210 g/mol. The van der Waals surface area contributed by atoms with Crippen LogP contribution in [0.25, 0.3) is 0 Å². The van der Waals surface area contributed by atoms with Crippen molar-refractivity contribution in [3.05, 3.63) is 59.7 Å². The maximum Gasteiger partial charge on any atom is 0.139 e. The van der Waals surface area contributed by atoms with E-state index in [1.165, 1.54) is 16.6 Å². The van der Waals surface area contributed by atoms with E-state index >= 15 is 0 Å². The predicted molar refractivity (Wildman–Crippen MR) is 70.1 cm³/mol. The first-order chi connectivity index (χ1) is 7.75. The summed E-state index contributed by atoms with van der Waals surface area (Å²) >= 11 is 0. The molecule has 0 N–H and O–H groups in total. The third-order valence-corrected chi connectivity index (χ3v) is 2.73. The van der Waals surface area contributed by atoms with E-state index in [1.54, 1.807) is 0 Å². The van der Waals surface area contributed by atoms with Crippen LogP contribution >= 0.6 is 0 Å². The van der Waals surface area contributed by atoms with E-state index in [4.69, 9.17) is 4.74 Å². The van der Waals surface area contributed by atoms with Gasteiger partial charge in [0.15, 0.2) is 0 Å². The molecule has 0 aliphatic heterocycles. The molecular weight excluding hydrogens is 195 g/mol. The Morgan fingerprint density at radius 3 is 2.50 bits per heavy atom. The van der Waals surface area contributed by atoms with E-state index in [1.807, 2.05) is 24.3 Å². The molecule has 0 radical (unpaired) electrons. The molecule has 0 bridgehead atoms. The van der Waals surface area contributed by atoms with Gasteiger partial charge in [0, 0.05) is 0 Å². The van der Waals surface area contributed by atoms with Crippen molar-refractivity contribution in [3.63, 3.8) is 0 Å². The minimum Gasteiger partial charge on any atom is -0.489 e. The van der Waals surface area contributed by atoms with Crippen LogP contribution in [0.15, 0.2) is 48.5 Å². The van der Waals surface area contributed by atoms with E-state index in [2.05, 4.69) is 39.0 Å². The minimum absolute atomic E-state index is 0.628. The lowest BCUT2D eigenvalue weighted by atomic mass is 9.91. The molecule has 1 nitrogen and oxygen atoms in total. The van der Waals surface area contributed by atoms with Gasteiger partial charge in [-0.2, -0.15) is 0 Å². The average Bonchev–Trinajstić information content (AvgIpc) is 2.32. The molecule has 0 heterocycles. The predicted octanol–water partition coefficient (Wildman–Crippen LogP) is 1.83. The van der Waals surface area contributed by atoms with Gasteiger partial charge in [-0.25, -0.2) is 0 Å². The van der Waals surface area contributed by atoms with Crippen LogP contribution in [0.4, 0.5) is 0 Å². The van der Waals surface area contributed by atoms with Crippen molar-refractivity contribution in [3.8, 4) is 5.75 Å². The quantitative estimate of drug-likeness (QED) is 0.702. The molecule has 0 atom stereocenters. The van der Waals surface area contributed by atoms with Gasteiger partial charge in [0.1, 0.15) is 20.2 Å². The van der Waals surface area contributed by atoms with Crippen LogP contribution in [0.1, 0.15) is 11.1 Å². The van der Waals surface area contributed by atoms with Gasteiger partial charge >= 0.3 is 0 Å². The Labute approximate surface area is 97.5 Å². The fourth-order valence-electron chi connectivity index (χ4n) is 1.54. The Hall–Kier alpha value is -1.70. The fraction of sp³-hybridized carbons (Fsp3) is 0.143. The van der Waals surface area contributed by atoms with E-state index in [9.17, 15) is 0 Å². The van der Waals surface area contributed by atoms with Gasteiger partial charge in [-0.1, -0.05) is 47.4 Å². The summed E-state index contributed by atoms with van der Waals surface area (Å²) in [7, 11) is 2.11. The van der Waals surface area contributed by atoms with Gasteiger partial charge in [-0.3, -0.25) is 0 Å². The molecule has 0 amide bonds. The molecule has 16 heavy (non-hydrogen) atoms. The second kappa shape index (κ2) is 4.89. The van der Waals surface area contributed by atoms with Crippen molar-refractivity contribution in [1.82, 2.24) is 0 Å². The molecule has 0 aliphatic carbocycles. The summed E-state index contributed by atoms with van der Waals surface area (Å²) in [6, 6.07) is 16.4. The third kappa shape index (κ3) is 2.66. The second-order valence-electron chi connectivity index (χ2n) is 4.02. The Morgan fingerprint density at radius 1 is 1.06 bits per heavy atom. The summed E-state index contributed by atoms with van der Waals surface area (Å²) in [5.41, 5.74) is 3.76. The number of ether oxygens (including phenoxy) is 1. The molecule has 0 spiro atoms. The van der Waals surface area contributed by atoms with Gasteiger partial charge in [0.25, 0.3) is 0 Å². The van der Waals surface area contributed by atoms with Crippen molar-refractivity contribution >= 4 is 13.3 Å². The van der Waals surface area contributed by atoms with Crippen LogP contribution in [0.3, 0.4) is 0 Å². The number of benzene rings is 2. The molecule has 0 aliphatic rings. The van der Waals surface area contributed by atoms with Crippen LogP contribution in [-0.2, 0) is 6.61 Å². The lowest BCUT2D eigenvalue weighted by molar-refractivity contribution is 0.306. The summed E-state index contributed by atoms with van der Waals surface area (Å²) in [6.45, 7) is 2.73. The van der Waals surface area contributed by atoms with Crippen molar-refractivity contribution < 1.29 is 4.74 Å². The van der Waals surface area contributed by atoms with Crippen LogP contribution < -0.4 is 10.2 Å². The standard InChI is InChI=1S/C14H15BO/c1-11-9-13(7-8-14(11)15)16-10-12-5-3-2-4-6-12/h2-9H,10,15H2,1H3. The lowest BCUT2D eigenvalue weighted by Gasteiger charge is -2.08. The highest BCUT2D eigenvalue weighted by Gasteiger charge is 1.97. The van der Waals surface area contributed by atoms with E-state index < -0.39 is 0 Å². The Bertz CT molecular complexity index is 465. The van der Waals surface area contributed by atoms with Gasteiger partial charge in [-0.05, 0) is 24.6 Å². The summed E-state index contributed by atoms with van der Waals surface area (Å²) in [6.07, 6.45) is 0. The number of aryl methyl sites for hydroxylation is 1. The topological polar surface area (TPSA) is 9.23 Å². The van der Waals surface area contributed by atoms with Crippen LogP contribution in [-0.4, -0.2) is 7.85 Å². The highest BCUT2D eigenvalue weighted by Crippen LogP contribution is 2.13.